The summed E-state index contributed by atoms with van der Waals surface area (Å²) >= 11 is 3.51. The summed E-state index contributed by atoms with van der Waals surface area (Å²) in [5.41, 5.74) is 9.11. The number of benzene rings is 1. The number of H-pyrrole nitrogens is 1. The number of hydrogen-bond acceptors (Lipinski definition) is 6. The molecule has 8 heteroatoms. The maximum absolute atomic E-state index is 6.33. The molecular weight excluding hydrogens is 406 g/mol. The molecule has 1 fully saturated rings. The Kier molecular flexibility index (Phi) is 5.14. The molecule has 1 aliphatic heterocycles. The van der Waals surface area contributed by atoms with Gasteiger partial charge in [-0.05, 0) is 43.7 Å². The Morgan fingerprint density at radius 1 is 1.30 bits per heavy atom. The molecular formula is C19H24BrN7. The number of hydrogen-bond donors (Lipinski definition) is 4. The van der Waals surface area contributed by atoms with E-state index in [1.54, 1.807) is 6.33 Å². The van der Waals surface area contributed by atoms with Gasteiger partial charge in [0.05, 0.1) is 11.0 Å². The number of nitrogens with two attached hydrogens (primary N) is 1. The Hall–Kier alpha value is -2.00. The first kappa shape index (κ1) is 18.4. The third-order valence-corrected chi connectivity index (χ3v) is 5.77. The summed E-state index contributed by atoms with van der Waals surface area (Å²) in [6.45, 7) is 2.78. The van der Waals surface area contributed by atoms with Crippen LogP contribution in [0.5, 0.6) is 0 Å². The molecule has 2 aromatic heterocycles. The second kappa shape index (κ2) is 7.55. The summed E-state index contributed by atoms with van der Waals surface area (Å²) < 4.78 is 1.02. The molecule has 0 saturated carbocycles. The van der Waals surface area contributed by atoms with Crippen molar-refractivity contribution in [2.24, 2.45) is 5.73 Å². The third-order valence-electron chi connectivity index (χ3n) is 5.28. The first-order chi connectivity index (χ1) is 13.1. The maximum Gasteiger partial charge on any atom is 0.143 e. The number of likely N-dealkylation sites (tertiary alicyclic amines) is 1. The Balaban J connectivity index is 1.57. The molecule has 142 valence electrons. The molecule has 7 nitrogen and oxygen atoms in total. The standard InChI is InChI=1S/C19H24BrN7/c1-22-19(21)5-7-27(8-6-19)11-13-10-23-17-16(13)18(25-12-24-17)26-15-4-2-3-14(20)9-15/h2-4,9-10,12,22H,5-8,11,21H2,1H3,(H2,23,24,25,26). The van der Waals surface area contributed by atoms with Gasteiger partial charge in [-0.15, -0.1) is 0 Å². The van der Waals surface area contributed by atoms with Crippen molar-refractivity contribution in [2.45, 2.75) is 25.0 Å². The highest BCUT2D eigenvalue weighted by atomic mass is 79.9. The second-order valence-corrected chi connectivity index (χ2v) is 7.99. The van der Waals surface area contributed by atoms with E-state index in [1.165, 1.54) is 5.56 Å². The highest BCUT2D eigenvalue weighted by Crippen LogP contribution is 2.29. The van der Waals surface area contributed by atoms with Gasteiger partial charge < -0.3 is 21.4 Å². The van der Waals surface area contributed by atoms with E-state index in [2.05, 4.69) is 46.4 Å². The Bertz CT molecular complexity index is 931. The molecule has 3 aromatic rings. The molecule has 0 radical (unpaired) electrons. The molecule has 0 atom stereocenters. The summed E-state index contributed by atoms with van der Waals surface area (Å²) in [6, 6.07) is 8.05. The lowest BCUT2D eigenvalue weighted by molar-refractivity contribution is 0.139. The van der Waals surface area contributed by atoms with Crippen molar-refractivity contribution in [1.29, 1.82) is 0 Å². The zero-order valence-corrected chi connectivity index (χ0v) is 16.9. The lowest BCUT2D eigenvalue weighted by Gasteiger charge is -2.39. The van der Waals surface area contributed by atoms with E-state index < -0.39 is 0 Å². The fourth-order valence-corrected chi connectivity index (χ4v) is 3.95. The zero-order valence-electron chi connectivity index (χ0n) is 15.3. The minimum Gasteiger partial charge on any atom is -0.346 e. The van der Waals surface area contributed by atoms with Gasteiger partial charge >= 0.3 is 0 Å². The van der Waals surface area contributed by atoms with Gasteiger partial charge in [-0.3, -0.25) is 4.90 Å². The fourth-order valence-electron chi connectivity index (χ4n) is 3.55. The summed E-state index contributed by atoms with van der Waals surface area (Å²) in [4.78, 5) is 14.6. The third kappa shape index (κ3) is 3.98. The van der Waals surface area contributed by atoms with Crippen molar-refractivity contribution in [2.75, 3.05) is 25.5 Å². The van der Waals surface area contributed by atoms with Crippen molar-refractivity contribution in [1.82, 2.24) is 25.2 Å². The smallest absolute Gasteiger partial charge is 0.143 e. The minimum atomic E-state index is -0.243. The Morgan fingerprint density at radius 2 is 2.11 bits per heavy atom. The van der Waals surface area contributed by atoms with Crippen molar-refractivity contribution < 1.29 is 0 Å². The van der Waals surface area contributed by atoms with Gasteiger partial charge in [-0.2, -0.15) is 0 Å². The predicted octanol–water partition coefficient (Wildman–Crippen LogP) is 2.93. The van der Waals surface area contributed by atoms with Crippen LogP contribution in [0.3, 0.4) is 0 Å². The van der Waals surface area contributed by atoms with Gasteiger partial charge in [-0.25, -0.2) is 9.97 Å². The predicted molar refractivity (Wildman–Crippen MR) is 112 cm³/mol. The monoisotopic (exact) mass is 429 g/mol. The summed E-state index contributed by atoms with van der Waals surface area (Å²) in [7, 11) is 1.94. The second-order valence-electron chi connectivity index (χ2n) is 7.08. The van der Waals surface area contributed by atoms with Gasteiger partial charge in [0, 0.05) is 36.0 Å². The first-order valence-corrected chi connectivity index (χ1v) is 9.89. The van der Waals surface area contributed by atoms with Crippen LogP contribution in [0.1, 0.15) is 18.4 Å². The van der Waals surface area contributed by atoms with Crippen LogP contribution in [-0.4, -0.2) is 45.7 Å². The number of aromatic amines is 1. The number of nitrogens with one attached hydrogen (secondary N) is 3. The normalized spacial score (nSPS) is 17.3. The van der Waals surface area contributed by atoms with Crippen molar-refractivity contribution in [3.63, 3.8) is 0 Å². The van der Waals surface area contributed by atoms with Gasteiger partial charge in [0.2, 0.25) is 0 Å². The highest BCUT2D eigenvalue weighted by Gasteiger charge is 2.29. The molecule has 1 aliphatic rings. The topological polar surface area (TPSA) is 94.9 Å². The molecule has 5 N–H and O–H groups in total. The number of halogens is 1. The maximum atomic E-state index is 6.33. The molecule has 0 bridgehead atoms. The average molecular weight is 430 g/mol. The number of nitrogens with zero attached hydrogens (tertiary/aromatic N) is 3. The Labute approximate surface area is 166 Å². The SMILES string of the molecule is CNC1(N)CCN(Cc2c[nH]c3ncnc(Nc4cccc(Br)c4)c23)CC1. The average Bonchev–Trinajstić information content (AvgIpc) is 3.08. The molecule has 27 heavy (non-hydrogen) atoms. The van der Waals surface area contributed by atoms with Crippen LogP contribution in [-0.2, 0) is 6.54 Å². The van der Waals surface area contributed by atoms with Crippen molar-refractivity contribution in [3.05, 3.63) is 46.8 Å². The molecule has 1 saturated heterocycles. The van der Waals surface area contributed by atoms with Crippen LogP contribution in [0.25, 0.3) is 11.0 Å². The summed E-state index contributed by atoms with van der Waals surface area (Å²) in [6.07, 6.45) is 5.49. The summed E-state index contributed by atoms with van der Waals surface area (Å²) in [5, 5.41) is 7.70. The van der Waals surface area contributed by atoms with Gasteiger partial charge in [0.1, 0.15) is 17.8 Å². The van der Waals surface area contributed by atoms with Crippen LogP contribution < -0.4 is 16.4 Å². The number of piperidine rings is 1. The highest BCUT2D eigenvalue weighted by molar-refractivity contribution is 9.10. The van der Waals surface area contributed by atoms with Crippen LogP contribution in [0, 0.1) is 0 Å². The molecule has 0 aliphatic carbocycles. The van der Waals surface area contributed by atoms with Gasteiger partial charge in [0.15, 0.2) is 0 Å². The van der Waals surface area contributed by atoms with Crippen LogP contribution in [0.2, 0.25) is 0 Å². The van der Waals surface area contributed by atoms with Crippen molar-refractivity contribution >= 4 is 38.5 Å². The largest absolute Gasteiger partial charge is 0.346 e. The number of rotatable bonds is 5. The summed E-state index contributed by atoms with van der Waals surface area (Å²) in [5.74, 6) is 0.815. The van der Waals surface area contributed by atoms with E-state index in [9.17, 15) is 0 Å². The number of aromatic nitrogens is 3. The zero-order chi connectivity index (χ0) is 18.9. The molecule has 1 aromatic carbocycles. The van der Waals surface area contributed by atoms with Gasteiger partial charge in [-0.1, -0.05) is 22.0 Å². The van der Waals surface area contributed by atoms with Gasteiger partial charge in [0.25, 0.3) is 0 Å². The van der Waals surface area contributed by atoms with Crippen LogP contribution >= 0.6 is 15.9 Å². The van der Waals surface area contributed by atoms with E-state index in [4.69, 9.17) is 5.73 Å². The van der Waals surface area contributed by atoms with E-state index in [1.807, 2.05) is 37.5 Å². The van der Waals surface area contributed by atoms with E-state index in [0.29, 0.717) is 0 Å². The first-order valence-electron chi connectivity index (χ1n) is 9.10. The molecule has 0 unspecified atom stereocenters. The Morgan fingerprint density at radius 3 is 2.85 bits per heavy atom. The molecule has 3 heterocycles. The van der Waals surface area contributed by atoms with E-state index in [0.717, 1.165) is 59.5 Å². The van der Waals surface area contributed by atoms with E-state index in [-0.39, 0.29) is 5.66 Å². The molecule has 0 spiro atoms. The minimum absolute atomic E-state index is 0.243. The lowest BCUT2D eigenvalue weighted by Crippen LogP contribution is -2.58. The number of fused-ring (bicyclic) bond motifs is 1. The lowest BCUT2D eigenvalue weighted by atomic mass is 9.98. The van der Waals surface area contributed by atoms with E-state index >= 15 is 0 Å². The molecule has 4 rings (SSSR count). The fraction of sp³-hybridized carbons (Fsp3) is 0.368. The van der Waals surface area contributed by atoms with Crippen LogP contribution in [0.15, 0.2) is 41.3 Å². The van der Waals surface area contributed by atoms with Crippen LogP contribution in [0.4, 0.5) is 11.5 Å². The molecule has 0 amide bonds. The number of anilines is 2. The van der Waals surface area contributed by atoms with Crippen molar-refractivity contribution in [3.8, 4) is 0 Å². The quantitative estimate of drug-likeness (QED) is 0.465.